The number of benzene rings is 1. The molecule has 100 valence electrons. The molecule has 1 atom stereocenters. The summed E-state index contributed by atoms with van der Waals surface area (Å²) in [5.41, 5.74) is 2.91. The molecule has 1 fully saturated rings. The van der Waals surface area contributed by atoms with Crippen LogP contribution in [0.5, 0.6) is 0 Å². The number of piperazine rings is 1. The molecule has 0 aromatic heterocycles. The van der Waals surface area contributed by atoms with Crippen molar-refractivity contribution in [1.29, 1.82) is 0 Å². The van der Waals surface area contributed by atoms with Crippen molar-refractivity contribution in [2.24, 2.45) is 0 Å². The summed E-state index contributed by atoms with van der Waals surface area (Å²) >= 11 is 0. The van der Waals surface area contributed by atoms with Gasteiger partial charge in [-0.15, -0.1) is 0 Å². The lowest BCUT2D eigenvalue weighted by atomic mass is 10.0. The van der Waals surface area contributed by atoms with Gasteiger partial charge >= 0.3 is 0 Å². The van der Waals surface area contributed by atoms with E-state index in [4.69, 9.17) is 0 Å². The average Bonchev–Trinajstić information content (AvgIpc) is 2.33. The Hall–Kier alpha value is -0.860. The highest BCUT2D eigenvalue weighted by molar-refractivity contribution is 5.25. The molecule has 1 aromatic carbocycles. The van der Waals surface area contributed by atoms with Gasteiger partial charge in [-0.2, -0.15) is 0 Å². The van der Waals surface area contributed by atoms with Crippen LogP contribution in [0.2, 0.25) is 0 Å². The predicted octanol–water partition coefficient (Wildman–Crippen LogP) is 2.95. The minimum Gasteiger partial charge on any atom is -0.304 e. The summed E-state index contributed by atoms with van der Waals surface area (Å²) < 4.78 is 0. The van der Waals surface area contributed by atoms with Gasteiger partial charge in [0.25, 0.3) is 0 Å². The topological polar surface area (TPSA) is 6.48 Å². The first kappa shape index (κ1) is 13.6. The molecule has 2 rings (SSSR count). The third-order valence-electron chi connectivity index (χ3n) is 3.97. The van der Waals surface area contributed by atoms with Gasteiger partial charge in [0, 0.05) is 32.2 Å². The third-order valence-corrected chi connectivity index (χ3v) is 3.97. The first-order chi connectivity index (χ1) is 8.56. The molecule has 2 nitrogen and oxygen atoms in total. The second-order valence-corrected chi connectivity index (χ2v) is 5.98. The summed E-state index contributed by atoms with van der Waals surface area (Å²) in [5.74, 6) is 0.620. The molecule has 1 aliphatic heterocycles. The summed E-state index contributed by atoms with van der Waals surface area (Å²) in [4.78, 5) is 5.02. The quantitative estimate of drug-likeness (QED) is 0.809. The van der Waals surface area contributed by atoms with Crippen LogP contribution in [0.4, 0.5) is 0 Å². The van der Waals surface area contributed by atoms with E-state index in [9.17, 15) is 0 Å². The monoisotopic (exact) mass is 246 g/mol. The normalized spacial score (nSPS) is 22.6. The molecule has 0 N–H and O–H groups in total. The molecule has 0 radical (unpaired) electrons. The molecule has 18 heavy (non-hydrogen) atoms. The van der Waals surface area contributed by atoms with Crippen molar-refractivity contribution in [3.8, 4) is 0 Å². The van der Waals surface area contributed by atoms with Crippen LogP contribution < -0.4 is 0 Å². The Balaban J connectivity index is 2.02. The molecule has 0 spiro atoms. The lowest BCUT2D eigenvalue weighted by Crippen LogP contribution is -2.49. The van der Waals surface area contributed by atoms with E-state index in [1.54, 1.807) is 0 Å². The maximum absolute atomic E-state index is 2.60. The van der Waals surface area contributed by atoms with E-state index in [2.05, 4.69) is 61.9 Å². The van der Waals surface area contributed by atoms with Crippen LogP contribution in [0.3, 0.4) is 0 Å². The van der Waals surface area contributed by atoms with E-state index in [1.807, 2.05) is 0 Å². The molecular weight excluding hydrogens is 220 g/mol. The van der Waals surface area contributed by atoms with E-state index >= 15 is 0 Å². The fourth-order valence-electron chi connectivity index (χ4n) is 2.70. The molecule has 0 aliphatic carbocycles. The largest absolute Gasteiger partial charge is 0.304 e. The van der Waals surface area contributed by atoms with Gasteiger partial charge in [0.15, 0.2) is 0 Å². The third kappa shape index (κ3) is 3.33. The minimum absolute atomic E-state index is 0.620. The van der Waals surface area contributed by atoms with Gasteiger partial charge in [-0.05, 0) is 31.0 Å². The van der Waals surface area contributed by atoms with Gasteiger partial charge in [-0.3, -0.25) is 4.90 Å². The summed E-state index contributed by atoms with van der Waals surface area (Å²) in [6.45, 7) is 11.5. The number of hydrogen-bond donors (Lipinski definition) is 0. The Morgan fingerprint density at radius 3 is 2.72 bits per heavy atom. The maximum Gasteiger partial charge on any atom is 0.0237 e. The molecule has 0 amide bonds. The highest BCUT2D eigenvalue weighted by Crippen LogP contribution is 2.18. The van der Waals surface area contributed by atoms with Crippen molar-refractivity contribution in [3.05, 3.63) is 35.4 Å². The molecule has 1 aliphatic rings. The SMILES string of the molecule is CC(C)c1cccc(CN2CCN(C)CC2C)c1. The number of likely N-dealkylation sites (N-methyl/N-ethyl adjacent to an activating group) is 1. The number of nitrogens with zero attached hydrogens (tertiary/aromatic N) is 2. The van der Waals surface area contributed by atoms with Crippen LogP contribution >= 0.6 is 0 Å². The Kier molecular flexibility index (Phi) is 4.41. The molecule has 1 saturated heterocycles. The molecule has 0 bridgehead atoms. The molecule has 1 aromatic rings. The predicted molar refractivity (Wildman–Crippen MR) is 77.9 cm³/mol. The Labute approximate surface area is 112 Å². The van der Waals surface area contributed by atoms with E-state index in [1.165, 1.54) is 30.8 Å². The Morgan fingerprint density at radius 1 is 1.28 bits per heavy atom. The second kappa shape index (κ2) is 5.85. The Morgan fingerprint density at radius 2 is 2.06 bits per heavy atom. The van der Waals surface area contributed by atoms with Crippen molar-refractivity contribution in [2.75, 3.05) is 26.7 Å². The van der Waals surface area contributed by atoms with Crippen molar-refractivity contribution in [1.82, 2.24) is 9.80 Å². The maximum atomic E-state index is 2.60. The average molecular weight is 246 g/mol. The van der Waals surface area contributed by atoms with Crippen LogP contribution in [0.25, 0.3) is 0 Å². The fraction of sp³-hybridized carbons (Fsp3) is 0.625. The first-order valence-corrected chi connectivity index (χ1v) is 7.07. The van der Waals surface area contributed by atoms with Gasteiger partial charge in [-0.25, -0.2) is 0 Å². The van der Waals surface area contributed by atoms with Crippen molar-refractivity contribution >= 4 is 0 Å². The first-order valence-electron chi connectivity index (χ1n) is 7.07. The lowest BCUT2D eigenvalue weighted by Gasteiger charge is -2.38. The molecule has 1 unspecified atom stereocenters. The van der Waals surface area contributed by atoms with Gasteiger partial charge in [0.05, 0.1) is 0 Å². The Bertz CT molecular complexity index is 386. The van der Waals surface area contributed by atoms with Gasteiger partial charge in [0.1, 0.15) is 0 Å². The zero-order valence-electron chi connectivity index (χ0n) is 12.2. The van der Waals surface area contributed by atoms with Crippen LogP contribution in [0.1, 0.15) is 37.8 Å². The zero-order chi connectivity index (χ0) is 13.1. The molecule has 1 heterocycles. The van der Waals surface area contributed by atoms with E-state index in [-0.39, 0.29) is 0 Å². The van der Waals surface area contributed by atoms with Gasteiger partial charge < -0.3 is 4.90 Å². The zero-order valence-corrected chi connectivity index (χ0v) is 12.2. The second-order valence-electron chi connectivity index (χ2n) is 5.98. The van der Waals surface area contributed by atoms with Crippen LogP contribution in [0, 0.1) is 0 Å². The molecule has 0 saturated carbocycles. The van der Waals surface area contributed by atoms with Crippen molar-refractivity contribution in [3.63, 3.8) is 0 Å². The van der Waals surface area contributed by atoms with Crippen LogP contribution in [-0.4, -0.2) is 42.5 Å². The lowest BCUT2D eigenvalue weighted by molar-refractivity contribution is 0.0938. The highest BCUT2D eigenvalue weighted by Gasteiger charge is 2.21. The highest BCUT2D eigenvalue weighted by atomic mass is 15.3. The van der Waals surface area contributed by atoms with E-state index in [0.717, 1.165) is 6.54 Å². The van der Waals surface area contributed by atoms with Gasteiger partial charge in [-0.1, -0.05) is 38.1 Å². The minimum atomic E-state index is 0.620. The van der Waals surface area contributed by atoms with Crippen molar-refractivity contribution < 1.29 is 0 Å². The fourth-order valence-corrected chi connectivity index (χ4v) is 2.70. The summed E-state index contributed by atoms with van der Waals surface area (Å²) in [6, 6.07) is 9.73. The summed E-state index contributed by atoms with van der Waals surface area (Å²) in [6.07, 6.45) is 0. The molecule has 2 heteroatoms. The van der Waals surface area contributed by atoms with Crippen LogP contribution in [0.15, 0.2) is 24.3 Å². The number of rotatable bonds is 3. The van der Waals surface area contributed by atoms with Crippen molar-refractivity contribution in [2.45, 2.75) is 39.3 Å². The summed E-state index contributed by atoms with van der Waals surface area (Å²) in [7, 11) is 2.22. The van der Waals surface area contributed by atoms with Gasteiger partial charge in [0.2, 0.25) is 0 Å². The van der Waals surface area contributed by atoms with Crippen LogP contribution in [-0.2, 0) is 6.54 Å². The summed E-state index contributed by atoms with van der Waals surface area (Å²) in [5, 5.41) is 0. The number of hydrogen-bond acceptors (Lipinski definition) is 2. The smallest absolute Gasteiger partial charge is 0.0237 e. The van der Waals surface area contributed by atoms with E-state index in [0.29, 0.717) is 12.0 Å². The van der Waals surface area contributed by atoms with E-state index < -0.39 is 0 Å². The molecular formula is C16H26N2. The standard InChI is InChI=1S/C16H26N2/c1-13(2)16-7-5-6-15(10-16)12-18-9-8-17(4)11-14(18)3/h5-7,10,13-14H,8-9,11-12H2,1-4H3.